The number of nitrogen functional groups attached to an aromatic ring is 1. The summed E-state index contributed by atoms with van der Waals surface area (Å²) in [5, 5.41) is 3.42. The Morgan fingerprint density at radius 1 is 1.35 bits per heavy atom. The highest BCUT2D eigenvalue weighted by Gasteiger charge is 2.36. The number of aryl methyl sites for hydroxylation is 1. The van der Waals surface area contributed by atoms with Crippen LogP contribution >= 0.6 is 11.3 Å². The lowest BCUT2D eigenvalue weighted by Gasteiger charge is -2.31. The molecule has 0 unspecified atom stereocenters. The summed E-state index contributed by atoms with van der Waals surface area (Å²) in [7, 11) is 0. The maximum absolute atomic E-state index is 12.5. The third-order valence-corrected chi connectivity index (χ3v) is 5.65. The topological polar surface area (TPSA) is 88.3 Å². The third-order valence-electron chi connectivity index (χ3n) is 4.76. The average Bonchev–Trinajstić information content (AvgIpc) is 3.13. The molecular formula is C16H24N4O2S. The first-order valence-electron chi connectivity index (χ1n) is 8.43. The van der Waals surface area contributed by atoms with E-state index in [4.69, 9.17) is 5.73 Å². The summed E-state index contributed by atoms with van der Waals surface area (Å²) in [6.45, 7) is 0.778. The van der Waals surface area contributed by atoms with Crippen molar-refractivity contribution in [3.05, 3.63) is 11.1 Å². The second kappa shape index (κ2) is 7.29. The molecule has 1 aromatic heterocycles. The predicted molar refractivity (Wildman–Crippen MR) is 90.0 cm³/mol. The van der Waals surface area contributed by atoms with Crippen molar-refractivity contribution >= 4 is 28.3 Å². The number of nitrogens with one attached hydrogen (secondary N) is 1. The van der Waals surface area contributed by atoms with Crippen LogP contribution in [-0.4, -0.2) is 40.3 Å². The first kappa shape index (κ1) is 16.2. The van der Waals surface area contributed by atoms with E-state index >= 15 is 0 Å². The number of thiazole rings is 1. The Morgan fingerprint density at radius 3 is 2.83 bits per heavy atom. The minimum atomic E-state index is -0.337. The van der Waals surface area contributed by atoms with Gasteiger partial charge in [0.05, 0.1) is 0 Å². The molecule has 1 saturated heterocycles. The van der Waals surface area contributed by atoms with Crippen LogP contribution in [0.4, 0.5) is 5.13 Å². The molecule has 1 saturated carbocycles. The smallest absolute Gasteiger partial charge is 0.245 e. The molecule has 0 radical (unpaired) electrons. The van der Waals surface area contributed by atoms with E-state index in [0.717, 1.165) is 30.7 Å². The Hall–Kier alpha value is -1.63. The maximum Gasteiger partial charge on any atom is 0.245 e. The molecule has 6 nitrogen and oxygen atoms in total. The van der Waals surface area contributed by atoms with E-state index in [1.54, 1.807) is 6.20 Å². The van der Waals surface area contributed by atoms with Crippen LogP contribution in [-0.2, 0) is 16.0 Å². The number of carbonyl (C=O) groups is 2. The normalized spacial score (nSPS) is 22.5. The van der Waals surface area contributed by atoms with Gasteiger partial charge in [-0.25, -0.2) is 4.98 Å². The van der Waals surface area contributed by atoms with Gasteiger partial charge in [0.2, 0.25) is 11.8 Å². The van der Waals surface area contributed by atoms with Gasteiger partial charge < -0.3 is 16.0 Å². The number of likely N-dealkylation sites (tertiary alicyclic amines) is 1. The fourth-order valence-corrected chi connectivity index (χ4v) is 4.22. The number of amides is 2. The van der Waals surface area contributed by atoms with Crippen LogP contribution in [0.1, 0.15) is 49.8 Å². The molecule has 3 N–H and O–H groups in total. The van der Waals surface area contributed by atoms with E-state index in [0.29, 0.717) is 24.0 Å². The Balaban J connectivity index is 1.46. The number of hydrogen-bond donors (Lipinski definition) is 2. The van der Waals surface area contributed by atoms with Crippen molar-refractivity contribution in [3.63, 3.8) is 0 Å². The molecule has 2 amide bonds. The molecule has 0 aromatic carbocycles. The van der Waals surface area contributed by atoms with Crippen molar-refractivity contribution in [2.24, 2.45) is 0 Å². The Labute approximate surface area is 140 Å². The van der Waals surface area contributed by atoms with E-state index in [-0.39, 0.29) is 17.9 Å². The fourth-order valence-electron chi connectivity index (χ4n) is 3.53. The summed E-state index contributed by atoms with van der Waals surface area (Å²) in [6, 6.07) is 0.0503. The van der Waals surface area contributed by atoms with Crippen molar-refractivity contribution in [2.45, 2.75) is 63.5 Å². The molecule has 2 aliphatic rings. The van der Waals surface area contributed by atoms with Crippen LogP contribution in [0.3, 0.4) is 0 Å². The molecule has 126 valence electrons. The van der Waals surface area contributed by atoms with Crippen LogP contribution in [0.25, 0.3) is 0 Å². The van der Waals surface area contributed by atoms with Crippen LogP contribution in [0.2, 0.25) is 0 Å². The minimum absolute atomic E-state index is 0.0687. The Morgan fingerprint density at radius 2 is 2.13 bits per heavy atom. The number of hydrogen-bond acceptors (Lipinski definition) is 5. The first-order chi connectivity index (χ1) is 11.1. The lowest BCUT2D eigenvalue weighted by molar-refractivity contribution is -0.134. The van der Waals surface area contributed by atoms with Crippen LogP contribution < -0.4 is 11.1 Å². The largest absolute Gasteiger partial charge is 0.375 e. The standard InChI is InChI=1S/C16H24N4O2S/c17-16-18-10-12(23-16)6-7-14(21)19-13-8-9-20(15(13)22)11-4-2-1-3-5-11/h10-11,13H,1-9H2,(H2,17,18)(H,19,21)/t13-/m0/s1. The number of aromatic nitrogens is 1. The molecule has 7 heteroatoms. The van der Waals surface area contributed by atoms with Crippen molar-refractivity contribution in [2.75, 3.05) is 12.3 Å². The highest BCUT2D eigenvalue weighted by molar-refractivity contribution is 7.15. The average molecular weight is 336 g/mol. The molecule has 0 spiro atoms. The van der Waals surface area contributed by atoms with Crippen LogP contribution in [0.5, 0.6) is 0 Å². The van der Waals surface area contributed by atoms with Gasteiger partial charge in [-0.2, -0.15) is 0 Å². The van der Waals surface area contributed by atoms with E-state index in [9.17, 15) is 9.59 Å². The van der Waals surface area contributed by atoms with Gasteiger partial charge in [0.15, 0.2) is 5.13 Å². The van der Waals surface area contributed by atoms with Crippen molar-refractivity contribution in [1.29, 1.82) is 0 Å². The number of rotatable bonds is 5. The molecule has 1 aliphatic carbocycles. The molecule has 1 aliphatic heterocycles. The van der Waals surface area contributed by atoms with Gasteiger partial charge in [0, 0.05) is 30.1 Å². The molecule has 1 atom stereocenters. The van der Waals surface area contributed by atoms with E-state index in [1.807, 2.05) is 4.90 Å². The summed E-state index contributed by atoms with van der Waals surface area (Å²) in [6.07, 6.45) is 9.35. The van der Waals surface area contributed by atoms with Crippen molar-refractivity contribution in [3.8, 4) is 0 Å². The molecule has 3 rings (SSSR count). The zero-order valence-corrected chi connectivity index (χ0v) is 14.1. The van der Waals surface area contributed by atoms with Gasteiger partial charge in [-0.05, 0) is 25.7 Å². The number of anilines is 1. The SMILES string of the molecule is Nc1ncc(CCC(=O)N[C@H]2CCN(C3CCCCC3)C2=O)s1. The minimum Gasteiger partial charge on any atom is -0.375 e. The van der Waals surface area contributed by atoms with Gasteiger partial charge in [-0.15, -0.1) is 11.3 Å². The molecular weight excluding hydrogens is 312 g/mol. The van der Waals surface area contributed by atoms with Crippen molar-refractivity contribution < 1.29 is 9.59 Å². The van der Waals surface area contributed by atoms with E-state index in [1.165, 1.54) is 30.6 Å². The predicted octanol–water partition coefficient (Wildman–Crippen LogP) is 1.71. The maximum atomic E-state index is 12.5. The quantitative estimate of drug-likeness (QED) is 0.857. The highest BCUT2D eigenvalue weighted by Crippen LogP contribution is 2.26. The summed E-state index contributed by atoms with van der Waals surface area (Å²) < 4.78 is 0. The summed E-state index contributed by atoms with van der Waals surface area (Å²) in [5.41, 5.74) is 5.58. The molecule has 2 heterocycles. The lowest BCUT2D eigenvalue weighted by atomic mass is 9.94. The molecule has 1 aromatic rings. The van der Waals surface area contributed by atoms with E-state index < -0.39 is 0 Å². The van der Waals surface area contributed by atoms with Gasteiger partial charge in [0.1, 0.15) is 6.04 Å². The Kier molecular flexibility index (Phi) is 5.15. The van der Waals surface area contributed by atoms with Crippen molar-refractivity contribution in [1.82, 2.24) is 15.2 Å². The highest BCUT2D eigenvalue weighted by atomic mass is 32.1. The summed E-state index contributed by atoms with van der Waals surface area (Å²) >= 11 is 1.40. The number of nitrogens with zero attached hydrogens (tertiary/aromatic N) is 2. The monoisotopic (exact) mass is 336 g/mol. The van der Waals surface area contributed by atoms with Gasteiger partial charge in [0.25, 0.3) is 0 Å². The third kappa shape index (κ3) is 4.02. The molecule has 2 fully saturated rings. The fraction of sp³-hybridized carbons (Fsp3) is 0.688. The number of nitrogens with two attached hydrogens (primary N) is 1. The van der Waals surface area contributed by atoms with Crippen LogP contribution in [0, 0.1) is 0 Å². The van der Waals surface area contributed by atoms with Gasteiger partial charge >= 0.3 is 0 Å². The van der Waals surface area contributed by atoms with Crippen LogP contribution in [0.15, 0.2) is 6.20 Å². The second-order valence-electron chi connectivity index (χ2n) is 6.40. The molecule has 0 bridgehead atoms. The lowest BCUT2D eigenvalue weighted by Crippen LogP contribution is -2.45. The van der Waals surface area contributed by atoms with Gasteiger partial charge in [-0.1, -0.05) is 19.3 Å². The summed E-state index contributed by atoms with van der Waals surface area (Å²) in [5.74, 6) is 0.0353. The molecule has 23 heavy (non-hydrogen) atoms. The first-order valence-corrected chi connectivity index (χ1v) is 9.25. The van der Waals surface area contributed by atoms with Gasteiger partial charge in [-0.3, -0.25) is 9.59 Å². The summed E-state index contributed by atoms with van der Waals surface area (Å²) in [4.78, 5) is 31.6. The van der Waals surface area contributed by atoms with E-state index in [2.05, 4.69) is 10.3 Å². The zero-order valence-electron chi connectivity index (χ0n) is 13.3. The Bertz CT molecular complexity index is 568. The zero-order chi connectivity index (χ0) is 16.2. The number of carbonyl (C=O) groups excluding carboxylic acids is 2. The second-order valence-corrected chi connectivity index (χ2v) is 7.54.